The molecule has 0 spiro atoms. The van der Waals surface area contributed by atoms with Gasteiger partial charge in [-0.2, -0.15) is 4.31 Å². The van der Waals surface area contributed by atoms with Gasteiger partial charge < -0.3 is 5.32 Å². The lowest BCUT2D eigenvalue weighted by Crippen LogP contribution is -2.43. The van der Waals surface area contributed by atoms with Crippen LogP contribution in [-0.4, -0.2) is 44.0 Å². The largest absolute Gasteiger partial charge is 0.354 e. The standard InChI is InChI=1S/C15H23BrN2O3S/c1-4-12(2)18(22(3,20)21)10-9-17-15(19)11-13-5-7-14(16)8-6-13/h5-8,12H,4,9-11H2,1-3H3,(H,17,19). The molecule has 5 nitrogen and oxygen atoms in total. The van der Waals surface area contributed by atoms with Crippen molar-refractivity contribution in [3.8, 4) is 0 Å². The number of amides is 1. The van der Waals surface area contributed by atoms with Crippen molar-refractivity contribution in [2.75, 3.05) is 19.3 Å². The second kappa shape index (κ2) is 8.64. The van der Waals surface area contributed by atoms with Gasteiger partial charge in [-0.3, -0.25) is 4.79 Å². The van der Waals surface area contributed by atoms with Crippen molar-refractivity contribution in [3.63, 3.8) is 0 Å². The first kappa shape index (κ1) is 19.1. The Morgan fingerprint density at radius 3 is 2.41 bits per heavy atom. The lowest BCUT2D eigenvalue weighted by molar-refractivity contribution is -0.120. The van der Waals surface area contributed by atoms with Gasteiger partial charge in [0, 0.05) is 23.6 Å². The van der Waals surface area contributed by atoms with Crippen molar-refractivity contribution in [1.82, 2.24) is 9.62 Å². The maximum absolute atomic E-state index is 11.9. The van der Waals surface area contributed by atoms with Gasteiger partial charge >= 0.3 is 0 Å². The van der Waals surface area contributed by atoms with Gasteiger partial charge in [-0.05, 0) is 31.0 Å². The minimum Gasteiger partial charge on any atom is -0.354 e. The Labute approximate surface area is 141 Å². The molecule has 124 valence electrons. The smallest absolute Gasteiger partial charge is 0.224 e. The number of sulfonamides is 1. The second-order valence-corrected chi connectivity index (χ2v) is 8.13. The molecule has 1 N–H and O–H groups in total. The number of carbonyl (C=O) groups excluding carboxylic acids is 1. The van der Waals surface area contributed by atoms with Crippen molar-refractivity contribution in [2.45, 2.75) is 32.7 Å². The van der Waals surface area contributed by atoms with Gasteiger partial charge in [-0.15, -0.1) is 0 Å². The molecule has 1 unspecified atom stereocenters. The van der Waals surface area contributed by atoms with Crippen LogP contribution in [0.1, 0.15) is 25.8 Å². The van der Waals surface area contributed by atoms with E-state index >= 15 is 0 Å². The fourth-order valence-corrected chi connectivity index (χ4v) is 3.56. The summed E-state index contributed by atoms with van der Waals surface area (Å²) in [6.07, 6.45) is 2.22. The van der Waals surface area contributed by atoms with Gasteiger partial charge in [-0.25, -0.2) is 8.42 Å². The number of carbonyl (C=O) groups is 1. The van der Waals surface area contributed by atoms with Crippen LogP contribution in [0.2, 0.25) is 0 Å². The van der Waals surface area contributed by atoms with E-state index in [1.165, 1.54) is 10.6 Å². The van der Waals surface area contributed by atoms with Crippen LogP contribution in [0.3, 0.4) is 0 Å². The van der Waals surface area contributed by atoms with Gasteiger partial charge in [0.15, 0.2) is 0 Å². The molecule has 0 aliphatic heterocycles. The third-order valence-electron chi connectivity index (χ3n) is 3.44. The van der Waals surface area contributed by atoms with Crippen LogP contribution >= 0.6 is 15.9 Å². The third kappa shape index (κ3) is 6.46. The Hall–Kier alpha value is -0.920. The predicted molar refractivity (Wildman–Crippen MR) is 92.2 cm³/mol. The summed E-state index contributed by atoms with van der Waals surface area (Å²) in [4.78, 5) is 11.9. The summed E-state index contributed by atoms with van der Waals surface area (Å²) >= 11 is 3.35. The molecule has 0 fully saturated rings. The number of hydrogen-bond donors (Lipinski definition) is 1. The average Bonchev–Trinajstić information content (AvgIpc) is 2.44. The molecule has 0 aliphatic carbocycles. The molecule has 1 rings (SSSR count). The highest BCUT2D eigenvalue weighted by Gasteiger charge is 2.21. The van der Waals surface area contributed by atoms with Crippen molar-refractivity contribution < 1.29 is 13.2 Å². The first-order valence-corrected chi connectivity index (χ1v) is 9.86. The van der Waals surface area contributed by atoms with Crippen molar-refractivity contribution >= 4 is 31.9 Å². The van der Waals surface area contributed by atoms with Crippen molar-refractivity contribution in [3.05, 3.63) is 34.3 Å². The molecule has 1 amide bonds. The van der Waals surface area contributed by atoms with Crippen molar-refractivity contribution in [1.29, 1.82) is 0 Å². The monoisotopic (exact) mass is 390 g/mol. The van der Waals surface area contributed by atoms with E-state index < -0.39 is 10.0 Å². The lowest BCUT2D eigenvalue weighted by Gasteiger charge is -2.25. The molecular weight excluding hydrogens is 368 g/mol. The molecule has 0 aliphatic rings. The van der Waals surface area contributed by atoms with E-state index in [2.05, 4.69) is 21.2 Å². The Balaban J connectivity index is 2.48. The van der Waals surface area contributed by atoms with Gasteiger partial charge in [0.05, 0.1) is 12.7 Å². The minimum absolute atomic E-state index is 0.0709. The number of nitrogens with zero attached hydrogens (tertiary/aromatic N) is 1. The Morgan fingerprint density at radius 1 is 1.32 bits per heavy atom. The van der Waals surface area contributed by atoms with Gasteiger partial charge in [-0.1, -0.05) is 35.0 Å². The van der Waals surface area contributed by atoms with Crippen LogP contribution in [0, 0.1) is 0 Å². The second-order valence-electron chi connectivity index (χ2n) is 5.28. The van der Waals surface area contributed by atoms with Crippen LogP contribution < -0.4 is 5.32 Å². The summed E-state index contributed by atoms with van der Waals surface area (Å²) in [5.41, 5.74) is 0.919. The zero-order valence-electron chi connectivity index (χ0n) is 13.2. The van der Waals surface area contributed by atoms with Crippen molar-refractivity contribution in [2.24, 2.45) is 0 Å². The summed E-state index contributed by atoms with van der Waals surface area (Å²) in [6, 6.07) is 7.46. The zero-order valence-corrected chi connectivity index (χ0v) is 15.6. The first-order valence-electron chi connectivity index (χ1n) is 7.22. The molecule has 0 heterocycles. The fourth-order valence-electron chi connectivity index (χ4n) is 2.07. The highest BCUT2D eigenvalue weighted by molar-refractivity contribution is 9.10. The molecule has 22 heavy (non-hydrogen) atoms. The van der Waals surface area contributed by atoms with E-state index in [0.29, 0.717) is 13.1 Å². The highest BCUT2D eigenvalue weighted by Crippen LogP contribution is 2.11. The number of halogens is 1. The number of nitrogens with one attached hydrogen (secondary N) is 1. The summed E-state index contributed by atoms with van der Waals surface area (Å²) in [5.74, 6) is -0.111. The molecule has 1 aromatic carbocycles. The molecule has 7 heteroatoms. The fraction of sp³-hybridized carbons (Fsp3) is 0.533. The maximum atomic E-state index is 11.9. The van der Waals surface area contributed by atoms with Crippen LogP contribution in [0.15, 0.2) is 28.7 Å². The molecule has 0 radical (unpaired) electrons. The zero-order chi connectivity index (χ0) is 16.8. The van der Waals surface area contributed by atoms with E-state index in [1.807, 2.05) is 38.1 Å². The third-order valence-corrected chi connectivity index (χ3v) is 5.36. The van der Waals surface area contributed by atoms with E-state index in [1.54, 1.807) is 0 Å². The molecule has 0 aromatic heterocycles. The van der Waals surface area contributed by atoms with E-state index in [0.717, 1.165) is 16.5 Å². The van der Waals surface area contributed by atoms with Gasteiger partial charge in [0.1, 0.15) is 0 Å². The Kier molecular flexibility index (Phi) is 7.52. The minimum atomic E-state index is -3.26. The summed E-state index contributed by atoms with van der Waals surface area (Å²) in [6.45, 7) is 4.41. The van der Waals surface area contributed by atoms with Crippen LogP contribution in [0.25, 0.3) is 0 Å². The highest BCUT2D eigenvalue weighted by atomic mass is 79.9. The normalized spacial score (nSPS) is 13.1. The summed E-state index contributed by atoms with van der Waals surface area (Å²) in [5, 5.41) is 2.77. The molecule has 0 saturated carbocycles. The molecule has 0 saturated heterocycles. The van der Waals surface area contributed by atoms with E-state index in [4.69, 9.17) is 0 Å². The van der Waals surface area contributed by atoms with Crippen LogP contribution in [0.5, 0.6) is 0 Å². The van der Waals surface area contributed by atoms with E-state index in [-0.39, 0.29) is 18.4 Å². The topological polar surface area (TPSA) is 66.5 Å². The number of benzene rings is 1. The molecule has 1 aromatic rings. The molecular formula is C15H23BrN2O3S. The average molecular weight is 391 g/mol. The molecule has 0 bridgehead atoms. The summed E-state index contributed by atoms with van der Waals surface area (Å²) < 4.78 is 25.9. The Bertz CT molecular complexity index is 587. The Morgan fingerprint density at radius 2 is 1.91 bits per heavy atom. The first-order chi connectivity index (χ1) is 10.2. The van der Waals surface area contributed by atoms with E-state index in [9.17, 15) is 13.2 Å². The van der Waals surface area contributed by atoms with Crippen LogP contribution in [-0.2, 0) is 21.2 Å². The number of hydrogen-bond acceptors (Lipinski definition) is 3. The van der Waals surface area contributed by atoms with Gasteiger partial charge in [0.25, 0.3) is 0 Å². The SMILES string of the molecule is CCC(C)N(CCNC(=O)Cc1ccc(Br)cc1)S(C)(=O)=O. The predicted octanol–water partition coefficient (Wildman–Crippen LogP) is 2.17. The maximum Gasteiger partial charge on any atom is 0.224 e. The quantitative estimate of drug-likeness (QED) is 0.739. The van der Waals surface area contributed by atoms with Crippen LogP contribution in [0.4, 0.5) is 0 Å². The number of rotatable bonds is 8. The van der Waals surface area contributed by atoms with Gasteiger partial charge in [0.2, 0.25) is 15.9 Å². The lowest BCUT2D eigenvalue weighted by atomic mass is 10.1. The summed E-state index contributed by atoms with van der Waals surface area (Å²) in [7, 11) is -3.26. The molecule has 1 atom stereocenters.